The number of benzene rings is 2. The highest BCUT2D eigenvalue weighted by Crippen LogP contribution is 2.18. The number of hydrogen-bond acceptors (Lipinski definition) is 4. The zero-order chi connectivity index (χ0) is 18.2. The van der Waals surface area contributed by atoms with E-state index in [1.807, 2.05) is 71.6 Å². The summed E-state index contributed by atoms with van der Waals surface area (Å²) in [6.07, 6.45) is 6.42. The maximum atomic E-state index is 12.2. The van der Waals surface area contributed by atoms with Crippen LogP contribution in [0.5, 0.6) is 5.75 Å². The van der Waals surface area contributed by atoms with Gasteiger partial charge in [-0.3, -0.25) is 9.36 Å². The largest absolute Gasteiger partial charge is 0.494 e. The first-order valence-electron chi connectivity index (χ1n) is 8.42. The van der Waals surface area contributed by atoms with Gasteiger partial charge in [-0.15, -0.1) is 0 Å². The van der Waals surface area contributed by atoms with Crippen molar-refractivity contribution in [3.8, 4) is 11.4 Å². The van der Waals surface area contributed by atoms with Crippen molar-refractivity contribution in [3.63, 3.8) is 0 Å². The molecular formula is C20H21N3O2S. The first-order chi connectivity index (χ1) is 12.8. The number of para-hydroxylation sites is 1. The molecule has 0 aliphatic rings. The number of nitrogens with zero attached hydrogens (tertiary/aromatic N) is 2. The predicted molar refractivity (Wildman–Crippen MR) is 104 cm³/mol. The Morgan fingerprint density at radius 2 is 1.92 bits per heavy atom. The molecule has 0 spiro atoms. The lowest BCUT2D eigenvalue weighted by Crippen LogP contribution is -2.25. The first-order valence-corrected chi connectivity index (χ1v) is 9.64. The molecule has 5 nitrogen and oxygen atoms in total. The molecule has 134 valence electrons. The van der Waals surface area contributed by atoms with Crippen LogP contribution in [-0.4, -0.2) is 34.9 Å². The Morgan fingerprint density at radius 1 is 1.15 bits per heavy atom. The van der Waals surface area contributed by atoms with Gasteiger partial charge in [0.1, 0.15) is 5.75 Å². The summed E-state index contributed by atoms with van der Waals surface area (Å²) in [5.74, 6) is 0.769. The molecule has 1 amide bonds. The lowest BCUT2D eigenvalue weighted by atomic mass is 10.2. The van der Waals surface area contributed by atoms with Gasteiger partial charge in [0.25, 0.3) is 5.91 Å². The number of aromatic nitrogens is 2. The highest BCUT2D eigenvalue weighted by atomic mass is 32.2. The fraction of sp³-hybridized carbons (Fsp3) is 0.200. The lowest BCUT2D eigenvalue weighted by Gasteiger charge is -2.09. The van der Waals surface area contributed by atoms with E-state index in [0.717, 1.165) is 23.0 Å². The average Bonchev–Trinajstić information content (AvgIpc) is 3.17. The second-order valence-corrected chi connectivity index (χ2v) is 6.38. The molecule has 0 unspecified atom stereocenters. The second-order valence-electron chi connectivity index (χ2n) is 5.60. The molecule has 0 aliphatic carbocycles. The minimum absolute atomic E-state index is 0.0769. The predicted octanol–water partition coefficient (Wildman–Crippen LogP) is 3.79. The molecular weight excluding hydrogens is 346 g/mol. The molecule has 0 atom stereocenters. The molecule has 0 saturated carbocycles. The van der Waals surface area contributed by atoms with Crippen LogP contribution in [0.3, 0.4) is 0 Å². The van der Waals surface area contributed by atoms with Gasteiger partial charge in [0.15, 0.2) is 5.16 Å². The van der Waals surface area contributed by atoms with E-state index in [1.165, 1.54) is 0 Å². The topological polar surface area (TPSA) is 56.2 Å². The van der Waals surface area contributed by atoms with Gasteiger partial charge in [-0.1, -0.05) is 30.0 Å². The normalized spacial score (nSPS) is 10.5. The molecule has 0 bridgehead atoms. The number of nitrogens with one attached hydrogen (secondary N) is 1. The SMILES string of the molecule is CSc1nccn1-c1ccc(C(=O)NCCCOc2ccccc2)cc1. The van der Waals surface area contributed by atoms with Crippen molar-refractivity contribution < 1.29 is 9.53 Å². The molecule has 0 aliphatic heterocycles. The Labute approximate surface area is 157 Å². The minimum atomic E-state index is -0.0769. The van der Waals surface area contributed by atoms with Crippen molar-refractivity contribution in [2.45, 2.75) is 11.6 Å². The quantitative estimate of drug-likeness (QED) is 0.486. The van der Waals surface area contributed by atoms with E-state index < -0.39 is 0 Å². The van der Waals surface area contributed by atoms with Crippen LogP contribution in [0.15, 0.2) is 72.1 Å². The van der Waals surface area contributed by atoms with E-state index in [2.05, 4.69) is 10.3 Å². The Bertz CT molecular complexity index is 832. The van der Waals surface area contributed by atoms with Crippen LogP contribution >= 0.6 is 11.8 Å². The second kappa shape index (κ2) is 9.10. The zero-order valence-electron chi connectivity index (χ0n) is 14.6. The molecule has 26 heavy (non-hydrogen) atoms. The molecule has 1 heterocycles. The Balaban J connectivity index is 1.46. The number of ether oxygens (including phenoxy) is 1. The third-order valence-corrected chi connectivity index (χ3v) is 4.48. The maximum Gasteiger partial charge on any atom is 0.251 e. The smallest absolute Gasteiger partial charge is 0.251 e. The highest BCUT2D eigenvalue weighted by Gasteiger charge is 2.07. The molecule has 2 aromatic carbocycles. The highest BCUT2D eigenvalue weighted by molar-refractivity contribution is 7.98. The molecule has 1 N–H and O–H groups in total. The van der Waals surface area contributed by atoms with Gasteiger partial charge >= 0.3 is 0 Å². The third-order valence-electron chi connectivity index (χ3n) is 3.82. The van der Waals surface area contributed by atoms with Crippen LogP contribution in [-0.2, 0) is 0 Å². The van der Waals surface area contributed by atoms with Crippen LogP contribution in [0.25, 0.3) is 5.69 Å². The van der Waals surface area contributed by atoms with Crippen LogP contribution in [0, 0.1) is 0 Å². The van der Waals surface area contributed by atoms with Gasteiger partial charge in [0, 0.05) is 30.2 Å². The van der Waals surface area contributed by atoms with Crippen LogP contribution in [0.2, 0.25) is 0 Å². The van der Waals surface area contributed by atoms with Gasteiger partial charge in [-0.2, -0.15) is 0 Å². The van der Waals surface area contributed by atoms with Crippen molar-refractivity contribution in [3.05, 3.63) is 72.6 Å². The van der Waals surface area contributed by atoms with E-state index >= 15 is 0 Å². The molecule has 3 aromatic rings. The van der Waals surface area contributed by atoms with Crippen molar-refractivity contribution in [2.24, 2.45) is 0 Å². The van der Waals surface area contributed by atoms with Crippen molar-refractivity contribution in [2.75, 3.05) is 19.4 Å². The van der Waals surface area contributed by atoms with Crippen molar-refractivity contribution >= 4 is 17.7 Å². The van der Waals surface area contributed by atoms with Gasteiger partial charge in [0.05, 0.1) is 6.61 Å². The Kier molecular flexibility index (Phi) is 6.33. The fourth-order valence-corrected chi connectivity index (χ4v) is 3.02. The van der Waals surface area contributed by atoms with Crippen molar-refractivity contribution in [1.29, 1.82) is 0 Å². The number of rotatable bonds is 8. The number of carbonyl (C=O) groups excluding carboxylic acids is 1. The van der Waals surface area contributed by atoms with E-state index in [0.29, 0.717) is 18.7 Å². The Hall–Kier alpha value is -2.73. The van der Waals surface area contributed by atoms with Gasteiger partial charge in [0.2, 0.25) is 0 Å². The fourth-order valence-electron chi connectivity index (χ4n) is 2.49. The summed E-state index contributed by atoms with van der Waals surface area (Å²) in [5.41, 5.74) is 1.63. The number of hydrogen-bond donors (Lipinski definition) is 1. The number of thioether (sulfide) groups is 1. The number of carbonyl (C=O) groups is 1. The summed E-state index contributed by atoms with van der Waals surface area (Å²) in [4.78, 5) is 16.5. The van der Waals surface area contributed by atoms with Crippen molar-refractivity contribution in [1.82, 2.24) is 14.9 Å². The van der Waals surface area contributed by atoms with Gasteiger partial charge < -0.3 is 10.1 Å². The van der Waals surface area contributed by atoms with E-state index in [-0.39, 0.29) is 5.91 Å². The maximum absolute atomic E-state index is 12.2. The summed E-state index contributed by atoms with van der Waals surface area (Å²) in [7, 11) is 0. The van der Waals surface area contributed by atoms with E-state index in [9.17, 15) is 4.79 Å². The number of amides is 1. The first kappa shape index (κ1) is 18.1. The summed E-state index contributed by atoms with van der Waals surface area (Å²) < 4.78 is 7.60. The molecule has 0 fully saturated rings. The van der Waals surface area contributed by atoms with Gasteiger partial charge in [-0.25, -0.2) is 4.98 Å². The molecule has 0 radical (unpaired) electrons. The minimum Gasteiger partial charge on any atom is -0.494 e. The molecule has 3 rings (SSSR count). The summed E-state index contributed by atoms with van der Waals surface area (Å²) in [6.45, 7) is 1.15. The van der Waals surface area contributed by atoms with Gasteiger partial charge in [-0.05, 0) is 49.1 Å². The van der Waals surface area contributed by atoms with Crippen LogP contribution < -0.4 is 10.1 Å². The van der Waals surface area contributed by atoms with Crippen LogP contribution in [0.4, 0.5) is 0 Å². The number of imidazole rings is 1. The summed E-state index contributed by atoms with van der Waals surface area (Å²) in [6, 6.07) is 17.2. The monoisotopic (exact) mass is 367 g/mol. The van der Waals surface area contributed by atoms with E-state index in [1.54, 1.807) is 18.0 Å². The molecule has 0 saturated heterocycles. The van der Waals surface area contributed by atoms with Crippen LogP contribution in [0.1, 0.15) is 16.8 Å². The Morgan fingerprint density at radius 3 is 2.65 bits per heavy atom. The summed E-state index contributed by atoms with van der Waals surface area (Å²) in [5, 5.41) is 3.84. The third kappa shape index (κ3) is 4.67. The molecule has 1 aromatic heterocycles. The molecule has 6 heteroatoms. The zero-order valence-corrected chi connectivity index (χ0v) is 15.4. The standard InChI is InChI=1S/C20H21N3O2S/c1-26-20-22-13-14-23(20)17-10-8-16(9-11-17)19(24)21-12-5-15-25-18-6-3-2-4-7-18/h2-4,6-11,13-14H,5,12,15H2,1H3,(H,21,24). The summed E-state index contributed by atoms with van der Waals surface area (Å²) >= 11 is 1.58. The van der Waals surface area contributed by atoms with E-state index in [4.69, 9.17) is 4.74 Å². The average molecular weight is 367 g/mol. The lowest BCUT2D eigenvalue weighted by molar-refractivity contribution is 0.0951.